The van der Waals surface area contributed by atoms with E-state index in [2.05, 4.69) is 13.2 Å². The van der Waals surface area contributed by atoms with Crippen LogP contribution in [0.2, 0.25) is 0 Å². The number of hydrogen-bond donors (Lipinski definition) is 0. The third kappa shape index (κ3) is 7.71. The van der Waals surface area contributed by atoms with Crippen LogP contribution in [-0.2, 0) is 0 Å². The smallest absolute Gasteiger partial charge is 0.160 e. The third-order valence-corrected chi connectivity index (χ3v) is 1.84. The van der Waals surface area contributed by atoms with Crippen LogP contribution >= 0.6 is 11.8 Å². The summed E-state index contributed by atoms with van der Waals surface area (Å²) in [6.07, 6.45) is 3.59. The number of halogens is 3. The molecule has 0 atom stereocenters. The molecule has 0 aliphatic heterocycles. The summed E-state index contributed by atoms with van der Waals surface area (Å²) < 4.78 is 35.3. The summed E-state index contributed by atoms with van der Waals surface area (Å²) in [5, 5.41) is 0. The lowest BCUT2D eigenvalue weighted by Crippen LogP contribution is -1.98. The number of allylic oxidation sites excluding steroid dienone is 3. The van der Waals surface area contributed by atoms with Gasteiger partial charge in [-0.25, -0.2) is 0 Å². The quantitative estimate of drug-likeness (QED) is 0.621. The van der Waals surface area contributed by atoms with E-state index in [0.717, 1.165) is 12.0 Å². The van der Waals surface area contributed by atoms with Gasteiger partial charge in [-0.05, 0) is 24.3 Å². The normalized spacial score (nSPS) is 12.0. The molecule has 0 rings (SSSR count). The van der Waals surface area contributed by atoms with E-state index in [1.807, 2.05) is 6.92 Å². The van der Waals surface area contributed by atoms with Crippen molar-refractivity contribution >= 4 is 11.8 Å². The van der Waals surface area contributed by atoms with Crippen molar-refractivity contribution in [3.8, 4) is 0 Å². The summed E-state index contributed by atoms with van der Waals surface area (Å²) in [7, 11) is 0. The molecule has 4 heteroatoms. The minimum absolute atomic E-state index is 0.0258. The van der Waals surface area contributed by atoms with Crippen molar-refractivity contribution in [2.75, 3.05) is 0 Å². The Hall–Kier alpha value is -0.640. The molecule has 0 fully saturated rings. The first kappa shape index (κ1) is 12.4. The van der Waals surface area contributed by atoms with Crippen molar-refractivity contribution in [2.45, 2.75) is 18.9 Å². The fourth-order valence-electron chi connectivity index (χ4n) is 0.511. The van der Waals surface area contributed by atoms with E-state index in [1.54, 1.807) is 6.08 Å². The summed E-state index contributed by atoms with van der Waals surface area (Å²) in [6.45, 7) is 8.77. The van der Waals surface area contributed by atoms with Crippen molar-refractivity contribution in [1.29, 1.82) is 0 Å². The zero-order chi connectivity index (χ0) is 10.5. The van der Waals surface area contributed by atoms with Gasteiger partial charge >= 0.3 is 5.51 Å². The Kier molecular flexibility index (Phi) is 4.91. The number of thioether (sulfide) groups is 1. The number of rotatable bonds is 4. The van der Waals surface area contributed by atoms with E-state index in [0.29, 0.717) is 0 Å². The molecule has 13 heavy (non-hydrogen) atoms. The Bertz CT molecular complexity index is 226. The fourth-order valence-corrected chi connectivity index (χ4v) is 0.945. The van der Waals surface area contributed by atoms with Gasteiger partial charge in [-0.15, -0.1) is 0 Å². The van der Waals surface area contributed by atoms with Crippen LogP contribution in [0.3, 0.4) is 0 Å². The highest BCUT2D eigenvalue weighted by molar-refractivity contribution is 8.04. The van der Waals surface area contributed by atoms with Crippen LogP contribution in [0.4, 0.5) is 13.2 Å². The van der Waals surface area contributed by atoms with Gasteiger partial charge in [0.15, 0.2) is 0 Å². The lowest BCUT2D eigenvalue weighted by atomic mass is 10.2. The SMILES string of the molecule is C=C(/C=C\C(=C)SC(F)(F)F)CC. The van der Waals surface area contributed by atoms with Crippen LogP contribution in [0.1, 0.15) is 13.3 Å². The van der Waals surface area contributed by atoms with Gasteiger partial charge < -0.3 is 0 Å². The summed E-state index contributed by atoms with van der Waals surface area (Å²) in [5.74, 6) is 0. The van der Waals surface area contributed by atoms with Gasteiger partial charge in [0.05, 0.1) is 0 Å². The first-order valence-electron chi connectivity index (χ1n) is 3.65. The van der Waals surface area contributed by atoms with Crippen molar-refractivity contribution in [2.24, 2.45) is 0 Å². The van der Waals surface area contributed by atoms with Crippen LogP contribution in [-0.4, -0.2) is 5.51 Å². The minimum Gasteiger partial charge on any atom is -0.160 e. The molecular weight excluding hydrogens is 197 g/mol. The molecule has 0 aliphatic rings. The maximum atomic E-state index is 11.8. The number of hydrogen-bond acceptors (Lipinski definition) is 1. The molecule has 0 spiro atoms. The first-order valence-corrected chi connectivity index (χ1v) is 4.47. The predicted octanol–water partition coefficient (Wildman–Crippen LogP) is 4.28. The fraction of sp³-hybridized carbons (Fsp3) is 0.333. The molecule has 0 aliphatic carbocycles. The minimum atomic E-state index is -4.25. The Morgan fingerprint density at radius 1 is 1.31 bits per heavy atom. The van der Waals surface area contributed by atoms with Crippen LogP contribution in [0.5, 0.6) is 0 Å². The van der Waals surface area contributed by atoms with Gasteiger partial charge in [0.1, 0.15) is 0 Å². The van der Waals surface area contributed by atoms with Gasteiger partial charge in [-0.3, -0.25) is 0 Å². The highest BCUT2D eigenvalue weighted by atomic mass is 32.2. The second kappa shape index (κ2) is 5.17. The van der Waals surface area contributed by atoms with Crippen molar-refractivity contribution in [1.82, 2.24) is 0 Å². The van der Waals surface area contributed by atoms with E-state index in [1.165, 1.54) is 6.08 Å². The summed E-state index contributed by atoms with van der Waals surface area (Å²) in [5.41, 5.74) is -3.47. The standard InChI is InChI=1S/C9H11F3S/c1-4-7(2)5-6-8(3)13-9(10,11)12/h5-6H,2-4H2,1H3/b6-5-. The Morgan fingerprint density at radius 2 is 1.85 bits per heavy atom. The molecule has 74 valence electrons. The molecule has 0 aromatic carbocycles. The van der Waals surface area contributed by atoms with Gasteiger partial charge in [-0.2, -0.15) is 13.2 Å². The molecule has 0 unspecified atom stereocenters. The molecule has 0 radical (unpaired) electrons. The van der Waals surface area contributed by atoms with Gasteiger partial charge in [0, 0.05) is 4.91 Å². The van der Waals surface area contributed by atoms with Crippen molar-refractivity contribution in [3.05, 3.63) is 35.8 Å². The topological polar surface area (TPSA) is 0 Å². The molecule has 0 aromatic rings. The average Bonchev–Trinajstić information content (AvgIpc) is 1.97. The van der Waals surface area contributed by atoms with Crippen molar-refractivity contribution in [3.63, 3.8) is 0 Å². The summed E-state index contributed by atoms with van der Waals surface area (Å²) in [4.78, 5) is -0.0258. The lowest BCUT2D eigenvalue weighted by molar-refractivity contribution is -0.0321. The second-order valence-corrected chi connectivity index (χ2v) is 3.55. The van der Waals surface area contributed by atoms with E-state index < -0.39 is 5.51 Å². The van der Waals surface area contributed by atoms with Crippen LogP contribution in [0.15, 0.2) is 35.8 Å². The zero-order valence-corrected chi connectivity index (χ0v) is 8.13. The molecule has 0 heterocycles. The lowest BCUT2D eigenvalue weighted by Gasteiger charge is -2.03. The summed E-state index contributed by atoms with van der Waals surface area (Å²) >= 11 is -0.213. The van der Waals surface area contributed by atoms with E-state index in [9.17, 15) is 13.2 Å². The predicted molar refractivity (Wildman–Crippen MR) is 51.4 cm³/mol. The summed E-state index contributed by atoms with van der Waals surface area (Å²) in [6, 6.07) is 0. The Labute approximate surface area is 80.2 Å². The van der Waals surface area contributed by atoms with Crippen molar-refractivity contribution < 1.29 is 13.2 Å². The molecule has 0 saturated heterocycles. The van der Waals surface area contributed by atoms with E-state index in [-0.39, 0.29) is 16.7 Å². The molecule has 0 N–H and O–H groups in total. The first-order chi connectivity index (χ1) is 5.85. The molecule has 0 aromatic heterocycles. The maximum absolute atomic E-state index is 11.8. The van der Waals surface area contributed by atoms with E-state index in [4.69, 9.17) is 0 Å². The van der Waals surface area contributed by atoms with Gasteiger partial charge in [-0.1, -0.05) is 31.7 Å². The second-order valence-electron chi connectivity index (χ2n) is 2.36. The third-order valence-electron chi connectivity index (χ3n) is 1.21. The van der Waals surface area contributed by atoms with Gasteiger partial charge in [0.2, 0.25) is 0 Å². The molecular formula is C9H11F3S. The zero-order valence-electron chi connectivity index (χ0n) is 7.32. The molecule has 0 amide bonds. The average molecular weight is 208 g/mol. The number of alkyl halides is 3. The van der Waals surface area contributed by atoms with Gasteiger partial charge in [0.25, 0.3) is 0 Å². The Morgan fingerprint density at radius 3 is 2.23 bits per heavy atom. The maximum Gasteiger partial charge on any atom is 0.446 e. The monoisotopic (exact) mass is 208 g/mol. The highest BCUT2D eigenvalue weighted by Gasteiger charge is 2.28. The van der Waals surface area contributed by atoms with Crippen LogP contribution in [0, 0.1) is 0 Å². The van der Waals surface area contributed by atoms with Crippen LogP contribution in [0.25, 0.3) is 0 Å². The Balaban J connectivity index is 4.02. The van der Waals surface area contributed by atoms with E-state index >= 15 is 0 Å². The largest absolute Gasteiger partial charge is 0.446 e. The van der Waals surface area contributed by atoms with Crippen LogP contribution < -0.4 is 0 Å². The molecule has 0 bridgehead atoms. The molecule has 0 nitrogen and oxygen atoms in total. The highest BCUT2D eigenvalue weighted by Crippen LogP contribution is 2.35. The molecule has 0 saturated carbocycles.